The van der Waals surface area contributed by atoms with Gasteiger partial charge in [0.1, 0.15) is 0 Å². The van der Waals surface area contributed by atoms with Gasteiger partial charge in [-0.3, -0.25) is 0 Å². The number of fused-ring (bicyclic) bond motifs is 1. The van der Waals surface area contributed by atoms with Gasteiger partial charge in [-0.15, -0.1) is 0 Å². The van der Waals surface area contributed by atoms with E-state index in [9.17, 15) is 0 Å². The van der Waals surface area contributed by atoms with Crippen LogP contribution in [0.15, 0.2) is 24.4 Å². The molecular formula is C11H12N2O. The molecule has 0 saturated carbocycles. The lowest BCUT2D eigenvalue weighted by atomic mass is 10.1. The molecule has 1 aromatic carbocycles. The topological polar surface area (TPSA) is 48.1 Å². The average Bonchev–Trinajstić information content (AvgIpc) is 2.19. The molecule has 14 heavy (non-hydrogen) atoms. The highest BCUT2D eigenvalue weighted by molar-refractivity contribution is 5.95. The summed E-state index contributed by atoms with van der Waals surface area (Å²) in [4.78, 5) is 4.11. The Hall–Kier alpha value is -1.77. The Morgan fingerprint density at radius 1 is 1.29 bits per heavy atom. The van der Waals surface area contributed by atoms with Crippen molar-refractivity contribution in [1.29, 1.82) is 0 Å². The van der Waals surface area contributed by atoms with Crippen LogP contribution in [0.25, 0.3) is 10.8 Å². The molecule has 0 bridgehead atoms. The Morgan fingerprint density at radius 3 is 2.79 bits per heavy atom. The molecular weight excluding hydrogens is 176 g/mol. The second kappa shape index (κ2) is 3.18. The highest BCUT2D eigenvalue weighted by atomic mass is 16.5. The molecule has 1 aromatic heterocycles. The Balaban J connectivity index is 2.84. The van der Waals surface area contributed by atoms with E-state index in [1.165, 1.54) is 5.56 Å². The molecule has 0 atom stereocenters. The van der Waals surface area contributed by atoms with Crippen LogP contribution in [0.2, 0.25) is 0 Å². The van der Waals surface area contributed by atoms with Gasteiger partial charge in [-0.1, -0.05) is 11.6 Å². The van der Waals surface area contributed by atoms with Crippen molar-refractivity contribution in [2.75, 3.05) is 12.8 Å². The van der Waals surface area contributed by atoms with E-state index in [0.29, 0.717) is 11.6 Å². The van der Waals surface area contributed by atoms with E-state index in [1.54, 1.807) is 13.3 Å². The van der Waals surface area contributed by atoms with Crippen LogP contribution in [0.1, 0.15) is 5.56 Å². The van der Waals surface area contributed by atoms with Gasteiger partial charge < -0.3 is 10.5 Å². The van der Waals surface area contributed by atoms with Crippen LogP contribution in [-0.2, 0) is 0 Å². The first-order valence-corrected chi connectivity index (χ1v) is 4.41. The number of nitrogens with zero attached hydrogens (tertiary/aromatic N) is 1. The third-order valence-electron chi connectivity index (χ3n) is 2.23. The van der Waals surface area contributed by atoms with E-state index in [-0.39, 0.29) is 0 Å². The number of aryl methyl sites for hydroxylation is 1. The van der Waals surface area contributed by atoms with Gasteiger partial charge in [-0.05, 0) is 19.1 Å². The summed E-state index contributed by atoms with van der Waals surface area (Å²) in [5, 5.41) is 1.95. The lowest BCUT2D eigenvalue weighted by Gasteiger charge is -2.06. The predicted octanol–water partition coefficient (Wildman–Crippen LogP) is 2.13. The normalized spacial score (nSPS) is 10.4. The second-order valence-electron chi connectivity index (χ2n) is 3.27. The van der Waals surface area contributed by atoms with E-state index in [0.717, 1.165) is 10.8 Å². The Morgan fingerprint density at radius 2 is 2.07 bits per heavy atom. The van der Waals surface area contributed by atoms with Crippen LogP contribution in [0.5, 0.6) is 5.88 Å². The summed E-state index contributed by atoms with van der Waals surface area (Å²) < 4.78 is 5.16. The minimum absolute atomic E-state index is 0.620. The summed E-state index contributed by atoms with van der Waals surface area (Å²) in [5.74, 6) is 0.620. The van der Waals surface area contributed by atoms with E-state index >= 15 is 0 Å². The van der Waals surface area contributed by atoms with Crippen molar-refractivity contribution in [1.82, 2.24) is 4.98 Å². The largest absolute Gasteiger partial charge is 0.481 e. The standard InChI is InChI=1S/C11H12N2O/c1-7-3-4-8-9(5-7)10(12)6-13-11(8)14-2/h3-6H,12H2,1-2H3. The Kier molecular flexibility index (Phi) is 2.00. The summed E-state index contributed by atoms with van der Waals surface area (Å²) in [7, 11) is 1.61. The average molecular weight is 188 g/mol. The van der Waals surface area contributed by atoms with Gasteiger partial charge in [-0.2, -0.15) is 0 Å². The minimum Gasteiger partial charge on any atom is -0.481 e. The van der Waals surface area contributed by atoms with Crippen molar-refractivity contribution in [2.24, 2.45) is 0 Å². The highest BCUT2D eigenvalue weighted by Crippen LogP contribution is 2.27. The molecule has 0 aliphatic carbocycles. The Bertz CT molecular complexity index is 480. The van der Waals surface area contributed by atoms with Crippen molar-refractivity contribution < 1.29 is 4.74 Å². The SMILES string of the molecule is COc1ncc(N)c2cc(C)ccc12. The number of hydrogen-bond donors (Lipinski definition) is 1. The van der Waals surface area contributed by atoms with E-state index < -0.39 is 0 Å². The molecule has 3 nitrogen and oxygen atoms in total. The molecule has 2 aromatic rings. The van der Waals surface area contributed by atoms with Crippen LogP contribution in [-0.4, -0.2) is 12.1 Å². The number of methoxy groups -OCH3 is 1. The molecule has 72 valence electrons. The van der Waals surface area contributed by atoms with Gasteiger partial charge in [0, 0.05) is 10.8 Å². The molecule has 0 unspecified atom stereocenters. The fraction of sp³-hybridized carbons (Fsp3) is 0.182. The number of pyridine rings is 1. The van der Waals surface area contributed by atoms with Crippen molar-refractivity contribution >= 4 is 16.5 Å². The first-order valence-electron chi connectivity index (χ1n) is 4.41. The minimum atomic E-state index is 0.620. The molecule has 0 aliphatic heterocycles. The number of nitrogens with two attached hydrogens (primary N) is 1. The maximum Gasteiger partial charge on any atom is 0.221 e. The Labute approximate surface area is 82.5 Å². The fourth-order valence-corrected chi connectivity index (χ4v) is 1.51. The number of nitrogen functional groups attached to an aromatic ring is 1. The number of rotatable bonds is 1. The van der Waals surface area contributed by atoms with Crippen LogP contribution in [0, 0.1) is 6.92 Å². The quantitative estimate of drug-likeness (QED) is 0.745. The van der Waals surface area contributed by atoms with Crippen LogP contribution >= 0.6 is 0 Å². The summed E-state index contributed by atoms with van der Waals surface area (Å²) in [6, 6.07) is 6.04. The summed E-state index contributed by atoms with van der Waals surface area (Å²) >= 11 is 0. The molecule has 2 N–H and O–H groups in total. The summed E-state index contributed by atoms with van der Waals surface area (Å²) in [6.45, 7) is 2.03. The van der Waals surface area contributed by atoms with Crippen LogP contribution < -0.4 is 10.5 Å². The van der Waals surface area contributed by atoms with Gasteiger partial charge in [0.2, 0.25) is 5.88 Å². The zero-order valence-corrected chi connectivity index (χ0v) is 8.24. The zero-order valence-electron chi connectivity index (χ0n) is 8.24. The number of aromatic nitrogens is 1. The van der Waals surface area contributed by atoms with Gasteiger partial charge >= 0.3 is 0 Å². The maximum atomic E-state index is 5.83. The number of hydrogen-bond acceptors (Lipinski definition) is 3. The van der Waals surface area contributed by atoms with E-state index in [2.05, 4.69) is 4.98 Å². The molecule has 1 heterocycles. The van der Waals surface area contributed by atoms with Crippen molar-refractivity contribution in [3.05, 3.63) is 30.0 Å². The molecule has 0 saturated heterocycles. The van der Waals surface area contributed by atoms with Gasteiger partial charge in [0.05, 0.1) is 19.0 Å². The second-order valence-corrected chi connectivity index (χ2v) is 3.27. The highest BCUT2D eigenvalue weighted by Gasteiger charge is 2.05. The fourth-order valence-electron chi connectivity index (χ4n) is 1.51. The number of anilines is 1. The summed E-state index contributed by atoms with van der Waals surface area (Å²) in [5.41, 5.74) is 7.69. The molecule has 0 aliphatic rings. The maximum absolute atomic E-state index is 5.83. The molecule has 0 amide bonds. The van der Waals surface area contributed by atoms with E-state index in [4.69, 9.17) is 10.5 Å². The predicted molar refractivity (Wildman–Crippen MR) is 57.4 cm³/mol. The lowest BCUT2D eigenvalue weighted by Crippen LogP contribution is -1.94. The van der Waals surface area contributed by atoms with Gasteiger partial charge in [0.25, 0.3) is 0 Å². The first-order chi connectivity index (χ1) is 6.72. The third kappa shape index (κ3) is 1.27. The van der Waals surface area contributed by atoms with Crippen LogP contribution in [0.3, 0.4) is 0 Å². The zero-order chi connectivity index (χ0) is 10.1. The monoisotopic (exact) mass is 188 g/mol. The molecule has 2 rings (SSSR count). The van der Waals surface area contributed by atoms with Crippen molar-refractivity contribution in [3.8, 4) is 5.88 Å². The van der Waals surface area contributed by atoms with Gasteiger partial charge in [-0.25, -0.2) is 4.98 Å². The molecule has 0 spiro atoms. The lowest BCUT2D eigenvalue weighted by molar-refractivity contribution is 0.403. The smallest absolute Gasteiger partial charge is 0.221 e. The number of ether oxygens (including phenoxy) is 1. The molecule has 0 fully saturated rings. The first kappa shape index (κ1) is 8.81. The van der Waals surface area contributed by atoms with Crippen molar-refractivity contribution in [2.45, 2.75) is 6.92 Å². The molecule has 0 radical (unpaired) electrons. The van der Waals surface area contributed by atoms with Crippen LogP contribution in [0.4, 0.5) is 5.69 Å². The number of benzene rings is 1. The van der Waals surface area contributed by atoms with Crippen molar-refractivity contribution in [3.63, 3.8) is 0 Å². The molecule has 3 heteroatoms. The summed E-state index contributed by atoms with van der Waals surface area (Å²) in [6.07, 6.45) is 1.63. The third-order valence-corrected chi connectivity index (χ3v) is 2.23. The van der Waals surface area contributed by atoms with E-state index in [1.807, 2.05) is 25.1 Å². The van der Waals surface area contributed by atoms with Gasteiger partial charge in [0.15, 0.2) is 0 Å².